The summed E-state index contributed by atoms with van der Waals surface area (Å²) in [5.74, 6) is -2.78. The van der Waals surface area contributed by atoms with Crippen LogP contribution in [-0.2, 0) is 4.79 Å². The van der Waals surface area contributed by atoms with Gasteiger partial charge in [-0.2, -0.15) is 13.2 Å². The lowest BCUT2D eigenvalue weighted by molar-refractivity contribution is -0.192. The zero-order valence-corrected chi connectivity index (χ0v) is 15.1. The van der Waals surface area contributed by atoms with Gasteiger partial charge in [0.15, 0.2) is 0 Å². The number of carbonyl (C=O) groups is 2. The van der Waals surface area contributed by atoms with Crippen molar-refractivity contribution in [1.29, 1.82) is 0 Å². The van der Waals surface area contributed by atoms with Gasteiger partial charge >= 0.3 is 12.1 Å². The second kappa shape index (κ2) is 8.04. The highest BCUT2D eigenvalue weighted by Crippen LogP contribution is 2.36. The molecule has 0 aromatic carbocycles. The summed E-state index contributed by atoms with van der Waals surface area (Å²) in [4.78, 5) is 33.8. The van der Waals surface area contributed by atoms with Crippen molar-refractivity contribution < 1.29 is 27.9 Å². The molecule has 4 rings (SSSR count). The smallest absolute Gasteiger partial charge is 0.475 e. The van der Waals surface area contributed by atoms with Gasteiger partial charge in [0, 0.05) is 25.5 Å². The van der Waals surface area contributed by atoms with Crippen LogP contribution in [0.25, 0.3) is 0 Å². The number of anilines is 1. The number of amides is 1. The van der Waals surface area contributed by atoms with Gasteiger partial charge in [-0.1, -0.05) is 11.3 Å². The molecule has 2 aliphatic rings. The Balaban J connectivity index is 0.000000279. The normalized spacial score (nSPS) is 21.1. The lowest BCUT2D eigenvalue weighted by atomic mass is 10.1. The first-order valence-electron chi connectivity index (χ1n) is 8.19. The van der Waals surface area contributed by atoms with Gasteiger partial charge < -0.3 is 14.9 Å². The molecular formula is C15H15F3N6O3S. The highest BCUT2D eigenvalue weighted by atomic mass is 32.1. The van der Waals surface area contributed by atoms with Gasteiger partial charge in [0.2, 0.25) is 5.13 Å². The van der Waals surface area contributed by atoms with Crippen LogP contribution in [0, 0.1) is 0 Å². The van der Waals surface area contributed by atoms with Gasteiger partial charge in [-0.3, -0.25) is 9.78 Å². The van der Waals surface area contributed by atoms with E-state index in [-0.39, 0.29) is 11.9 Å². The molecule has 2 aromatic heterocycles. The van der Waals surface area contributed by atoms with E-state index < -0.39 is 12.1 Å². The molecule has 0 radical (unpaired) electrons. The van der Waals surface area contributed by atoms with Crippen LogP contribution < -0.4 is 4.90 Å². The van der Waals surface area contributed by atoms with Crippen molar-refractivity contribution in [2.45, 2.75) is 31.1 Å². The van der Waals surface area contributed by atoms with Gasteiger partial charge in [-0.15, -0.1) is 10.2 Å². The summed E-state index contributed by atoms with van der Waals surface area (Å²) in [6, 6.07) is 0.585. The second-order valence-electron chi connectivity index (χ2n) is 6.02. The monoisotopic (exact) mass is 416 g/mol. The quantitative estimate of drug-likeness (QED) is 0.783. The van der Waals surface area contributed by atoms with Gasteiger partial charge in [-0.05, 0) is 12.8 Å². The molecular weight excluding hydrogens is 401 g/mol. The zero-order valence-electron chi connectivity index (χ0n) is 14.3. The third-order valence-corrected chi connectivity index (χ3v) is 5.18. The number of aliphatic carboxylic acids is 1. The Bertz CT molecular complexity index is 820. The first kappa shape index (κ1) is 19.9. The fraction of sp³-hybridized carbons (Fsp3) is 0.467. The van der Waals surface area contributed by atoms with Gasteiger partial charge in [0.05, 0.1) is 18.3 Å². The number of carboxylic acids is 1. The van der Waals surface area contributed by atoms with Crippen molar-refractivity contribution in [1.82, 2.24) is 25.1 Å². The Morgan fingerprint density at radius 3 is 2.46 bits per heavy atom. The summed E-state index contributed by atoms with van der Waals surface area (Å²) in [5, 5.41) is 16.1. The Kier molecular flexibility index (Phi) is 5.72. The summed E-state index contributed by atoms with van der Waals surface area (Å²) in [7, 11) is 0. The van der Waals surface area contributed by atoms with E-state index >= 15 is 0 Å². The van der Waals surface area contributed by atoms with E-state index in [1.54, 1.807) is 29.2 Å². The number of halogens is 3. The molecule has 2 saturated heterocycles. The molecule has 0 aliphatic carbocycles. The molecule has 0 spiro atoms. The zero-order chi connectivity index (χ0) is 20.3. The minimum absolute atomic E-state index is 0.0188. The van der Waals surface area contributed by atoms with Crippen LogP contribution in [0.4, 0.5) is 18.3 Å². The molecule has 9 nitrogen and oxygen atoms in total. The molecule has 1 N–H and O–H groups in total. The van der Waals surface area contributed by atoms with Crippen molar-refractivity contribution in [2.24, 2.45) is 0 Å². The van der Waals surface area contributed by atoms with Crippen LogP contribution in [0.3, 0.4) is 0 Å². The first-order valence-corrected chi connectivity index (χ1v) is 9.07. The Hall–Kier alpha value is -2.83. The molecule has 2 fully saturated rings. The van der Waals surface area contributed by atoms with E-state index in [0.29, 0.717) is 11.7 Å². The number of carbonyl (C=O) groups excluding carboxylic acids is 1. The third kappa shape index (κ3) is 4.18. The molecule has 0 bridgehead atoms. The number of rotatable bonds is 2. The average molecular weight is 416 g/mol. The number of nitrogens with zero attached hydrogens (tertiary/aromatic N) is 6. The highest BCUT2D eigenvalue weighted by molar-refractivity contribution is 7.13. The number of hydrogen-bond acceptors (Lipinski definition) is 8. The minimum Gasteiger partial charge on any atom is -0.475 e. The maximum absolute atomic E-state index is 12.6. The molecule has 0 saturated carbocycles. The summed E-state index contributed by atoms with van der Waals surface area (Å²) >= 11 is 1.55. The molecule has 2 atom stereocenters. The first-order chi connectivity index (χ1) is 13.3. The standard InChI is InChI=1S/C13H14N6OS.C2HF3O2/c20-12(9-7-14-3-4-15-9)18-5-1-11-10(18)2-6-19(11)13-17-16-8-21-13;3-2(4,5)1(6)7/h3-4,7-8,10-11H,1-2,5-6H2;(H,6,7)/t10-,11+;/m1./s1. The van der Waals surface area contributed by atoms with Crippen LogP contribution in [0.5, 0.6) is 0 Å². The molecule has 13 heteroatoms. The summed E-state index contributed by atoms with van der Waals surface area (Å²) in [6.07, 6.45) is 1.53. The largest absolute Gasteiger partial charge is 0.490 e. The molecule has 150 valence electrons. The second-order valence-corrected chi connectivity index (χ2v) is 6.83. The van der Waals surface area contributed by atoms with E-state index in [2.05, 4.69) is 25.1 Å². The van der Waals surface area contributed by atoms with Crippen molar-refractivity contribution >= 4 is 28.3 Å². The summed E-state index contributed by atoms with van der Waals surface area (Å²) < 4.78 is 31.7. The molecule has 2 aliphatic heterocycles. The maximum Gasteiger partial charge on any atom is 0.490 e. The number of alkyl halides is 3. The van der Waals surface area contributed by atoms with Crippen molar-refractivity contribution in [3.63, 3.8) is 0 Å². The predicted octanol–water partition coefficient (Wildman–Crippen LogP) is 1.45. The Morgan fingerprint density at radius 2 is 1.89 bits per heavy atom. The molecule has 28 heavy (non-hydrogen) atoms. The van der Waals surface area contributed by atoms with Crippen LogP contribution in [-0.4, -0.2) is 73.4 Å². The topological polar surface area (TPSA) is 112 Å². The van der Waals surface area contributed by atoms with Crippen LogP contribution in [0.2, 0.25) is 0 Å². The minimum atomic E-state index is -5.08. The number of carboxylic acid groups (broad SMARTS) is 1. The van der Waals surface area contributed by atoms with E-state index in [1.165, 1.54) is 6.20 Å². The van der Waals surface area contributed by atoms with Crippen molar-refractivity contribution in [2.75, 3.05) is 18.0 Å². The molecule has 1 amide bonds. The Labute approximate surface area is 160 Å². The number of likely N-dealkylation sites (tertiary alicyclic amines) is 1. The van der Waals surface area contributed by atoms with Gasteiger partial charge in [-0.25, -0.2) is 9.78 Å². The average Bonchev–Trinajstić information content (AvgIpc) is 3.39. The summed E-state index contributed by atoms with van der Waals surface area (Å²) in [5.41, 5.74) is 2.17. The van der Waals surface area contributed by atoms with Crippen LogP contribution in [0.1, 0.15) is 23.3 Å². The lowest BCUT2D eigenvalue weighted by Crippen LogP contribution is -2.40. The van der Waals surface area contributed by atoms with E-state index in [1.807, 2.05) is 4.90 Å². The van der Waals surface area contributed by atoms with Crippen molar-refractivity contribution in [3.8, 4) is 0 Å². The summed E-state index contributed by atoms with van der Waals surface area (Å²) in [6.45, 7) is 1.69. The fourth-order valence-corrected chi connectivity index (χ4v) is 3.97. The Morgan fingerprint density at radius 1 is 1.18 bits per heavy atom. The van der Waals surface area contributed by atoms with E-state index in [4.69, 9.17) is 9.90 Å². The SMILES string of the molecule is O=C(O)C(F)(F)F.O=C(c1cnccn1)N1CC[C@H]2[C@H]1CCN2c1nncs1. The number of aromatic nitrogens is 4. The van der Waals surface area contributed by atoms with Gasteiger partial charge in [0.1, 0.15) is 11.2 Å². The molecule has 2 aromatic rings. The number of fused-ring (bicyclic) bond motifs is 1. The van der Waals surface area contributed by atoms with Crippen LogP contribution in [0.15, 0.2) is 24.1 Å². The maximum atomic E-state index is 12.6. The van der Waals surface area contributed by atoms with Crippen molar-refractivity contribution in [3.05, 3.63) is 29.8 Å². The highest BCUT2D eigenvalue weighted by Gasteiger charge is 2.45. The van der Waals surface area contributed by atoms with Gasteiger partial charge in [0.25, 0.3) is 5.91 Å². The van der Waals surface area contributed by atoms with Crippen LogP contribution >= 0.6 is 11.3 Å². The van der Waals surface area contributed by atoms with E-state index in [0.717, 1.165) is 31.1 Å². The van der Waals surface area contributed by atoms with E-state index in [9.17, 15) is 18.0 Å². The predicted molar refractivity (Wildman–Crippen MR) is 90.8 cm³/mol. The number of hydrogen-bond donors (Lipinski definition) is 1. The fourth-order valence-electron chi connectivity index (χ4n) is 3.32. The molecule has 0 unspecified atom stereocenters. The molecule has 4 heterocycles. The lowest BCUT2D eigenvalue weighted by Gasteiger charge is -2.24. The third-order valence-electron chi connectivity index (χ3n) is 4.46.